The Morgan fingerprint density at radius 3 is 2.46 bits per heavy atom. The first-order chi connectivity index (χ1) is 11.7. The molecule has 1 N–H and O–H groups in total. The number of carbonyl (C=O) groups is 1. The van der Waals surface area contributed by atoms with Gasteiger partial charge in [0, 0.05) is 37.4 Å². The number of benzene rings is 1. The molecule has 2 aliphatic heterocycles. The molecule has 1 aromatic rings. The summed E-state index contributed by atoms with van der Waals surface area (Å²) in [6, 6.07) is 7.91. The molecule has 0 spiro atoms. The number of morpholine rings is 1. The van der Waals surface area contributed by atoms with Crippen molar-refractivity contribution in [3.05, 3.63) is 29.8 Å². The van der Waals surface area contributed by atoms with Crippen LogP contribution in [0.2, 0.25) is 0 Å². The molecule has 132 valence electrons. The fourth-order valence-electron chi connectivity index (χ4n) is 3.48. The lowest BCUT2D eigenvalue weighted by atomic mass is 10.1. The van der Waals surface area contributed by atoms with Crippen molar-refractivity contribution < 1.29 is 9.53 Å². The van der Waals surface area contributed by atoms with Gasteiger partial charge in [0.2, 0.25) is 0 Å². The Kier molecular flexibility index (Phi) is 6.10. The van der Waals surface area contributed by atoms with E-state index >= 15 is 0 Å². The molecule has 24 heavy (non-hydrogen) atoms. The Hall–Kier alpha value is -1.59. The molecular formula is C19H29N3O2. The van der Waals surface area contributed by atoms with Crippen LogP contribution in [0.25, 0.3) is 0 Å². The van der Waals surface area contributed by atoms with Crippen molar-refractivity contribution >= 4 is 11.6 Å². The summed E-state index contributed by atoms with van der Waals surface area (Å²) in [5.41, 5.74) is 1.90. The molecule has 0 aromatic heterocycles. The number of hydrogen-bond acceptors (Lipinski definition) is 4. The van der Waals surface area contributed by atoms with E-state index in [1.54, 1.807) is 0 Å². The number of rotatable bonds is 6. The van der Waals surface area contributed by atoms with E-state index in [9.17, 15) is 4.79 Å². The molecule has 5 nitrogen and oxygen atoms in total. The maximum absolute atomic E-state index is 12.3. The Morgan fingerprint density at radius 1 is 1.12 bits per heavy atom. The third-order valence-electron chi connectivity index (χ3n) is 4.89. The van der Waals surface area contributed by atoms with Crippen molar-refractivity contribution in [2.24, 2.45) is 5.92 Å². The SMILES string of the molecule is CC(CNC(=O)c1ccc(N2CCOCC2)cc1)CN1CCCC1. The molecule has 3 rings (SSSR count). The zero-order valence-corrected chi connectivity index (χ0v) is 14.7. The van der Waals surface area contributed by atoms with Crippen LogP contribution in [0.5, 0.6) is 0 Å². The van der Waals surface area contributed by atoms with Gasteiger partial charge in [-0.05, 0) is 56.1 Å². The van der Waals surface area contributed by atoms with Gasteiger partial charge in [-0.1, -0.05) is 6.92 Å². The third kappa shape index (κ3) is 4.71. The molecule has 5 heteroatoms. The van der Waals surface area contributed by atoms with E-state index in [1.165, 1.54) is 25.9 Å². The Morgan fingerprint density at radius 2 is 1.79 bits per heavy atom. The van der Waals surface area contributed by atoms with Gasteiger partial charge in [-0.25, -0.2) is 0 Å². The lowest BCUT2D eigenvalue weighted by Crippen LogP contribution is -2.36. The molecular weight excluding hydrogens is 302 g/mol. The van der Waals surface area contributed by atoms with Gasteiger partial charge in [0.25, 0.3) is 5.91 Å². The minimum atomic E-state index is 0.0248. The molecule has 2 fully saturated rings. The molecule has 2 saturated heterocycles. The molecule has 0 saturated carbocycles. The number of likely N-dealkylation sites (tertiary alicyclic amines) is 1. The smallest absolute Gasteiger partial charge is 0.251 e. The molecule has 0 aliphatic carbocycles. The summed E-state index contributed by atoms with van der Waals surface area (Å²) >= 11 is 0. The van der Waals surface area contributed by atoms with Crippen LogP contribution in [0.15, 0.2) is 24.3 Å². The second kappa shape index (κ2) is 8.49. The van der Waals surface area contributed by atoms with Crippen LogP contribution in [0.1, 0.15) is 30.1 Å². The van der Waals surface area contributed by atoms with Gasteiger partial charge >= 0.3 is 0 Å². The van der Waals surface area contributed by atoms with E-state index in [0.29, 0.717) is 5.92 Å². The molecule has 1 atom stereocenters. The van der Waals surface area contributed by atoms with Crippen molar-refractivity contribution in [3.8, 4) is 0 Å². The van der Waals surface area contributed by atoms with Crippen LogP contribution in [0.4, 0.5) is 5.69 Å². The van der Waals surface area contributed by atoms with Gasteiger partial charge in [-0.2, -0.15) is 0 Å². The highest BCUT2D eigenvalue weighted by molar-refractivity contribution is 5.94. The minimum absolute atomic E-state index is 0.0248. The first-order valence-electron chi connectivity index (χ1n) is 9.15. The lowest BCUT2D eigenvalue weighted by molar-refractivity contribution is 0.0945. The highest BCUT2D eigenvalue weighted by atomic mass is 16.5. The van der Waals surface area contributed by atoms with Crippen molar-refractivity contribution in [1.82, 2.24) is 10.2 Å². The number of amides is 1. The van der Waals surface area contributed by atoms with E-state index < -0.39 is 0 Å². The van der Waals surface area contributed by atoms with E-state index in [4.69, 9.17) is 4.74 Å². The summed E-state index contributed by atoms with van der Waals surface area (Å²) in [7, 11) is 0. The van der Waals surface area contributed by atoms with E-state index in [1.807, 2.05) is 24.3 Å². The third-order valence-corrected chi connectivity index (χ3v) is 4.89. The molecule has 0 radical (unpaired) electrons. The molecule has 0 bridgehead atoms. The summed E-state index contributed by atoms with van der Waals surface area (Å²) < 4.78 is 5.38. The summed E-state index contributed by atoms with van der Waals surface area (Å²) in [6.45, 7) is 9.83. The van der Waals surface area contributed by atoms with Gasteiger partial charge in [0.1, 0.15) is 0 Å². The quantitative estimate of drug-likeness (QED) is 0.866. The first-order valence-corrected chi connectivity index (χ1v) is 9.15. The monoisotopic (exact) mass is 331 g/mol. The number of nitrogens with one attached hydrogen (secondary N) is 1. The van der Waals surface area contributed by atoms with Gasteiger partial charge < -0.3 is 19.9 Å². The van der Waals surface area contributed by atoms with Crippen molar-refractivity contribution in [2.45, 2.75) is 19.8 Å². The fraction of sp³-hybridized carbons (Fsp3) is 0.632. The van der Waals surface area contributed by atoms with E-state index in [2.05, 4.69) is 22.0 Å². The highest BCUT2D eigenvalue weighted by Gasteiger charge is 2.16. The maximum atomic E-state index is 12.3. The second-order valence-corrected chi connectivity index (χ2v) is 6.97. The lowest BCUT2D eigenvalue weighted by Gasteiger charge is -2.28. The predicted octanol–water partition coefficient (Wildman–Crippen LogP) is 1.98. The summed E-state index contributed by atoms with van der Waals surface area (Å²) in [4.78, 5) is 17.1. The number of hydrogen-bond donors (Lipinski definition) is 1. The Balaban J connectivity index is 1.45. The number of ether oxygens (including phenoxy) is 1. The van der Waals surface area contributed by atoms with Gasteiger partial charge in [0.15, 0.2) is 0 Å². The maximum Gasteiger partial charge on any atom is 0.251 e. The molecule has 2 heterocycles. The standard InChI is InChI=1S/C19H29N3O2/c1-16(15-21-8-2-3-9-21)14-20-19(23)17-4-6-18(7-5-17)22-10-12-24-13-11-22/h4-7,16H,2-3,8-15H2,1H3,(H,20,23). The van der Waals surface area contributed by atoms with Gasteiger partial charge in [-0.15, -0.1) is 0 Å². The summed E-state index contributed by atoms with van der Waals surface area (Å²) in [5, 5.41) is 3.07. The normalized spacial score (nSPS) is 20.1. The molecule has 1 amide bonds. The van der Waals surface area contributed by atoms with Crippen molar-refractivity contribution in [2.75, 3.05) is 57.4 Å². The van der Waals surface area contributed by atoms with Crippen molar-refractivity contribution in [1.29, 1.82) is 0 Å². The molecule has 1 aromatic carbocycles. The van der Waals surface area contributed by atoms with E-state index in [-0.39, 0.29) is 5.91 Å². The predicted molar refractivity (Wildman–Crippen MR) is 96.6 cm³/mol. The Bertz CT molecular complexity index is 520. The highest BCUT2D eigenvalue weighted by Crippen LogP contribution is 2.16. The zero-order valence-electron chi connectivity index (χ0n) is 14.7. The average Bonchev–Trinajstić information content (AvgIpc) is 3.13. The van der Waals surface area contributed by atoms with Gasteiger partial charge in [-0.3, -0.25) is 4.79 Å². The number of anilines is 1. The van der Waals surface area contributed by atoms with Crippen LogP contribution < -0.4 is 10.2 Å². The fourth-order valence-corrected chi connectivity index (χ4v) is 3.48. The van der Waals surface area contributed by atoms with Crippen molar-refractivity contribution in [3.63, 3.8) is 0 Å². The summed E-state index contributed by atoms with van der Waals surface area (Å²) in [6.07, 6.45) is 2.63. The first kappa shape index (κ1) is 17.2. The van der Waals surface area contributed by atoms with Crippen LogP contribution in [-0.2, 0) is 4.74 Å². The van der Waals surface area contributed by atoms with E-state index in [0.717, 1.165) is 50.6 Å². The topological polar surface area (TPSA) is 44.8 Å². The van der Waals surface area contributed by atoms with Crippen LogP contribution in [-0.4, -0.2) is 63.3 Å². The number of nitrogens with zero attached hydrogens (tertiary/aromatic N) is 2. The minimum Gasteiger partial charge on any atom is -0.378 e. The van der Waals surface area contributed by atoms with Crippen LogP contribution in [0.3, 0.4) is 0 Å². The van der Waals surface area contributed by atoms with Crippen LogP contribution >= 0.6 is 0 Å². The zero-order chi connectivity index (χ0) is 16.8. The second-order valence-electron chi connectivity index (χ2n) is 6.97. The molecule has 1 unspecified atom stereocenters. The van der Waals surface area contributed by atoms with Crippen LogP contribution in [0, 0.1) is 5.92 Å². The Labute approximate surface area is 145 Å². The summed E-state index contributed by atoms with van der Waals surface area (Å²) in [5.74, 6) is 0.511. The number of carbonyl (C=O) groups excluding carboxylic acids is 1. The molecule has 2 aliphatic rings. The largest absolute Gasteiger partial charge is 0.378 e. The average molecular weight is 331 g/mol. The van der Waals surface area contributed by atoms with Gasteiger partial charge in [0.05, 0.1) is 13.2 Å².